The number of aromatic hydroxyl groups is 1. The lowest BCUT2D eigenvalue weighted by Crippen LogP contribution is -2.36. The Balaban J connectivity index is 2.55. The number of hydrogen-bond acceptors (Lipinski definition) is 3. The molecular weight excluding hydrogens is 230 g/mol. The van der Waals surface area contributed by atoms with Crippen molar-refractivity contribution in [2.45, 2.75) is 39.2 Å². The van der Waals surface area contributed by atoms with Gasteiger partial charge < -0.3 is 15.5 Å². The van der Waals surface area contributed by atoms with Crippen molar-refractivity contribution in [3.63, 3.8) is 0 Å². The Morgan fingerprint density at radius 2 is 2.17 bits per heavy atom. The zero-order valence-corrected chi connectivity index (χ0v) is 10.9. The molecule has 0 saturated carbocycles. The van der Waals surface area contributed by atoms with Crippen LogP contribution in [0.2, 0.25) is 0 Å². The van der Waals surface area contributed by atoms with Gasteiger partial charge in [-0.15, -0.1) is 0 Å². The number of carbonyl (C=O) groups excluding carboxylic acids is 1. The maximum Gasteiger partial charge on any atom is 0.224 e. The second-order valence-corrected chi connectivity index (χ2v) is 4.48. The number of amides is 1. The summed E-state index contributed by atoms with van der Waals surface area (Å²) in [7, 11) is 0. The highest BCUT2D eigenvalue weighted by atomic mass is 16.3. The first-order valence-electron chi connectivity index (χ1n) is 6.25. The zero-order valence-electron chi connectivity index (χ0n) is 10.9. The maximum absolute atomic E-state index is 11.8. The summed E-state index contributed by atoms with van der Waals surface area (Å²) in [6.07, 6.45) is 1.61. The normalized spacial score (nSPS) is 12.2. The highest BCUT2D eigenvalue weighted by molar-refractivity contribution is 5.79. The number of aryl methyl sites for hydroxylation is 1. The molecule has 0 spiro atoms. The molecule has 0 bridgehead atoms. The Labute approximate surface area is 108 Å². The SMILES string of the molecule is CCC(CCO)NC(=O)Cc1ccc(C)c(O)c1. The van der Waals surface area contributed by atoms with Crippen LogP contribution >= 0.6 is 0 Å². The van der Waals surface area contributed by atoms with Crippen LogP contribution in [0.1, 0.15) is 30.9 Å². The van der Waals surface area contributed by atoms with E-state index in [4.69, 9.17) is 5.11 Å². The van der Waals surface area contributed by atoms with Gasteiger partial charge >= 0.3 is 0 Å². The Morgan fingerprint density at radius 1 is 1.44 bits per heavy atom. The van der Waals surface area contributed by atoms with Crippen molar-refractivity contribution in [2.24, 2.45) is 0 Å². The lowest BCUT2D eigenvalue weighted by atomic mass is 10.1. The number of nitrogens with one attached hydrogen (secondary N) is 1. The van der Waals surface area contributed by atoms with Crippen LogP contribution in [-0.4, -0.2) is 28.8 Å². The van der Waals surface area contributed by atoms with Crippen molar-refractivity contribution in [1.29, 1.82) is 0 Å². The summed E-state index contributed by atoms with van der Waals surface area (Å²) in [4.78, 5) is 11.8. The zero-order chi connectivity index (χ0) is 13.5. The van der Waals surface area contributed by atoms with Gasteiger partial charge in [0.1, 0.15) is 5.75 Å². The first-order chi connectivity index (χ1) is 8.56. The predicted octanol–water partition coefficient (Wildman–Crippen LogP) is 1.52. The summed E-state index contributed by atoms with van der Waals surface area (Å²) in [6, 6.07) is 5.26. The van der Waals surface area contributed by atoms with E-state index in [2.05, 4.69) is 5.32 Å². The van der Waals surface area contributed by atoms with Crippen LogP contribution in [-0.2, 0) is 11.2 Å². The highest BCUT2D eigenvalue weighted by Crippen LogP contribution is 2.17. The molecule has 0 aliphatic heterocycles. The molecular formula is C14H21NO3. The maximum atomic E-state index is 11.8. The molecule has 0 saturated heterocycles. The average Bonchev–Trinajstić information content (AvgIpc) is 2.33. The molecule has 3 N–H and O–H groups in total. The summed E-state index contributed by atoms with van der Waals surface area (Å²) in [5, 5.41) is 21.3. The minimum Gasteiger partial charge on any atom is -0.508 e. The van der Waals surface area contributed by atoms with E-state index >= 15 is 0 Å². The van der Waals surface area contributed by atoms with Crippen LogP contribution in [0.4, 0.5) is 0 Å². The standard InChI is InChI=1S/C14H21NO3/c1-3-12(6-7-16)15-14(18)9-11-5-4-10(2)13(17)8-11/h4-5,8,12,16-17H,3,6-7,9H2,1-2H3,(H,15,18). The fraction of sp³-hybridized carbons (Fsp3) is 0.500. The van der Waals surface area contributed by atoms with Crippen LogP contribution in [0, 0.1) is 6.92 Å². The van der Waals surface area contributed by atoms with Gasteiger partial charge in [0.25, 0.3) is 0 Å². The average molecular weight is 251 g/mol. The molecule has 1 aromatic rings. The molecule has 1 rings (SSSR count). The largest absolute Gasteiger partial charge is 0.508 e. The van der Waals surface area contributed by atoms with Crippen LogP contribution < -0.4 is 5.32 Å². The molecule has 4 heteroatoms. The molecule has 100 valence electrons. The third-order valence-corrected chi connectivity index (χ3v) is 2.97. The summed E-state index contributed by atoms with van der Waals surface area (Å²) < 4.78 is 0. The molecule has 1 atom stereocenters. The van der Waals surface area contributed by atoms with Gasteiger partial charge in [0, 0.05) is 12.6 Å². The minimum absolute atomic E-state index is 0.0153. The topological polar surface area (TPSA) is 69.6 Å². The molecule has 1 amide bonds. The summed E-state index contributed by atoms with van der Waals surface area (Å²) in [6.45, 7) is 3.86. The first kappa shape index (κ1) is 14.5. The molecule has 0 aliphatic carbocycles. The Bertz CT molecular complexity index is 404. The molecule has 1 aromatic carbocycles. The van der Waals surface area contributed by atoms with Crippen molar-refractivity contribution < 1.29 is 15.0 Å². The Hall–Kier alpha value is -1.55. The summed E-state index contributed by atoms with van der Waals surface area (Å²) in [5.74, 6) is 0.126. The van der Waals surface area contributed by atoms with Crippen molar-refractivity contribution in [3.05, 3.63) is 29.3 Å². The van der Waals surface area contributed by atoms with Crippen molar-refractivity contribution >= 4 is 5.91 Å². The van der Waals surface area contributed by atoms with Gasteiger partial charge in [0.05, 0.1) is 6.42 Å². The van der Waals surface area contributed by atoms with E-state index in [1.165, 1.54) is 0 Å². The molecule has 4 nitrogen and oxygen atoms in total. The smallest absolute Gasteiger partial charge is 0.224 e. The number of benzene rings is 1. The van der Waals surface area contributed by atoms with Gasteiger partial charge in [-0.1, -0.05) is 19.1 Å². The molecule has 0 heterocycles. The fourth-order valence-corrected chi connectivity index (χ4v) is 1.76. The van der Waals surface area contributed by atoms with Gasteiger partial charge in [-0.3, -0.25) is 4.79 Å². The number of carbonyl (C=O) groups is 1. The first-order valence-corrected chi connectivity index (χ1v) is 6.25. The van der Waals surface area contributed by atoms with Gasteiger partial charge in [0.2, 0.25) is 5.91 Å². The van der Waals surface area contributed by atoms with Crippen molar-refractivity contribution in [1.82, 2.24) is 5.32 Å². The molecule has 1 unspecified atom stereocenters. The van der Waals surface area contributed by atoms with Crippen LogP contribution in [0.25, 0.3) is 0 Å². The van der Waals surface area contributed by atoms with Gasteiger partial charge in [-0.05, 0) is 37.0 Å². The highest BCUT2D eigenvalue weighted by Gasteiger charge is 2.10. The van der Waals surface area contributed by atoms with Gasteiger partial charge in [-0.25, -0.2) is 0 Å². The van der Waals surface area contributed by atoms with Crippen LogP contribution in [0.5, 0.6) is 5.75 Å². The molecule has 0 aliphatic rings. The van der Waals surface area contributed by atoms with Gasteiger partial charge in [0.15, 0.2) is 0 Å². The van der Waals surface area contributed by atoms with E-state index in [0.29, 0.717) is 6.42 Å². The minimum atomic E-state index is -0.0847. The lowest BCUT2D eigenvalue weighted by Gasteiger charge is -2.15. The van der Waals surface area contributed by atoms with E-state index in [1.807, 2.05) is 19.9 Å². The third-order valence-electron chi connectivity index (χ3n) is 2.97. The summed E-state index contributed by atoms with van der Waals surface area (Å²) in [5.41, 5.74) is 1.58. The second-order valence-electron chi connectivity index (χ2n) is 4.48. The monoisotopic (exact) mass is 251 g/mol. The van der Waals surface area contributed by atoms with E-state index in [0.717, 1.165) is 17.5 Å². The van der Waals surface area contributed by atoms with Crippen molar-refractivity contribution in [2.75, 3.05) is 6.61 Å². The van der Waals surface area contributed by atoms with Crippen LogP contribution in [0.3, 0.4) is 0 Å². The Kier molecular flexibility index (Phi) is 5.65. The van der Waals surface area contributed by atoms with E-state index in [-0.39, 0.29) is 30.7 Å². The van der Waals surface area contributed by atoms with Gasteiger partial charge in [-0.2, -0.15) is 0 Å². The lowest BCUT2D eigenvalue weighted by molar-refractivity contribution is -0.121. The predicted molar refractivity (Wildman–Crippen MR) is 70.5 cm³/mol. The van der Waals surface area contributed by atoms with E-state index in [1.54, 1.807) is 12.1 Å². The van der Waals surface area contributed by atoms with E-state index in [9.17, 15) is 9.90 Å². The Morgan fingerprint density at radius 3 is 2.72 bits per heavy atom. The number of hydrogen-bond donors (Lipinski definition) is 3. The third kappa shape index (κ3) is 4.37. The van der Waals surface area contributed by atoms with Crippen molar-refractivity contribution in [3.8, 4) is 5.75 Å². The molecule has 18 heavy (non-hydrogen) atoms. The van der Waals surface area contributed by atoms with Crippen LogP contribution in [0.15, 0.2) is 18.2 Å². The number of aliphatic hydroxyl groups excluding tert-OH is 1. The number of phenolic OH excluding ortho intramolecular Hbond substituents is 1. The molecule has 0 fully saturated rings. The molecule has 0 radical (unpaired) electrons. The molecule has 0 aromatic heterocycles. The number of phenols is 1. The fourth-order valence-electron chi connectivity index (χ4n) is 1.76. The number of rotatable bonds is 6. The second kappa shape index (κ2) is 7.01. The summed E-state index contributed by atoms with van der Waals surface area (Å²) >= 11 is 0. The number of aliphatic hydroxyl groups is 1. The quantitative estimate of drug-likeness (QED) is 0.718. The van der Waals surface area contributed by atoms with E-state index < -0.39 is 0 Å².